The lowest BCUT2D eigenvalue weighted by molar-refractivity contribution is 0.140. The van der Waals surface area contributed by atoms with E-state index in [9.17, 15) is 4.79 Å². The number of aromatic nitrogens is 5. The van der Waals surface area contributed by atoms with Gasteiger partial charge in [-0.1, -0.05) is 6.07 Å². The van der Waals surface area contributed by atoms with Crippen LogP contribution in [0.2, 0.25) is 0 Å². The number of aromatic amines is 1. The van der Waals surface area contributed by atoms with Gasteiger partial charge >= 0.3 is 0 Å². The Morgan fingerprint density at radius 2 is 2.10 bits per heavy atom. The average Bonchev–Trinajstić information content (AvgIpc) is 3.12. The van der Waals surface area contributed by atoms with Gasteiger partial charge < -0.3 is 14.2 Å². The monoisotopic (exact) mass is 421 g/mol. The maximum absolute atomic E-state index is 13.4. The summed E-state index contributed by atoms with van der Waals surface area (Å²) in [6.45, 7) is 6.69. The molecule has 0 aromatic carbocycles. The van der Waals surface area contributed by atoms with E-state index in [1.54, 1.807) is 12.5 Å². The smallest absolute Gasteiger partial charge is 0.255 e. The Balaban J connectivity index is 1.28. The van der Waals surface area contributed by atoms with Crippen molar-refractivity contribution in [1.29, 1.82) is 0 Å². The van der Waals surface area contributed by atoms with E-state index < -0.39 is 0 Å². The second-order valence-electron chi connectivity index (χ2n) is 8.97. The third-order valence-corrected chi connectivity index (χ3v) is 6.92. The summed E-state index contributed by atoms with van der Waals surface area (Å²) in [4.78, 5) is 26.9. The van der Waals surface area contributed by atoms with Crippen LogP contribution in [0.25, 0.3) is 11.0 Å². The van der Waals surface area contributed by atoms with Crippen molar-refractivity contribution in [3.63, 3.8) is 0 Å². The van der Waals surface area contributed by atoms with Gasteiger partial charge in [0.05, 0.1) is 18.2 Å². The van der Waals surface area contributed by atoms with Crippen molar-refractivity contribution in [3.8, 4) is 0 Å². The molecule has 2 fully saturated rings. The molecule has 0 unspecified atom stereocenters. The summed E-state index contributed by atoms with van der Waals surface area (Å²) >= 11 is 0. The zero-order valence-electron chi connectivity index (χ0n) is 17.5. The van der Waals surface area contributed by atoms with Gasteiger partial charge in [-0.05, 0) is 24.8 Å². The van der Waals surface area contributed by atoms with Gasteiger partial charge in [-0.15, -0.1) is 0 Å². The summed E-state index contributed by atoms with van der Waals surface area (Å²) in [5, 5.41) is 8.01. The van der Waals surface area contributed by atoms with Crippen LogP contribution in [0.3, 0.4) is 0 Å². The number of nitrogens with one attached hydrogen (secondary N) is 1. The van der Waals surface area contributed by atoms with Crippen molar-refractivity contribution in [1.82, 2.24) is 29.6 Å². The van der Waals surface area contributed by atoms with E-state index in [2.05, 4.69) is 42.1 Å². The first kappa shape index (κ1) is 18.9. The predicted octanol–water partition coefficient (Wildman–Crippen LogP) is 1.36. The number of hydrogen-bond acceptors (Lipinski definition) is 7. The van der Waals surface area contributed by atoms with Crippen LogP contribution >= 0.6 is 0 Å². The molecule has 2 bridgehead atoms. The highest BCUT2D eigenvalue weighted by molar-refractivity contribution is 5.86. The number of anilines is 1. The SMILES string of the molecule is O=c1c(CN2CCCOCC2)ccc2n1C[C@H]1C[C@@H]2CN(c2ncnc3[nH]ncc23)C1. The van der Waals surface area contributed by atoms with Crippen LogP contribution in [0.15, 0.2) is 29.5 Å². The molecule has 0 radical (unpaired) electrons. The van der Waals surface area contributed by atoms with Crippen molar-refractivity contribution >= 4 is 16.9 Å². The van der Waals surface area contributed by atoms with Crippen LogP contribution in [0, 0.1) is 5.92 Å². The van der Waals surface area contributed by atoms with Gasteiger partial charge in [0.15, 0.2) is 5.65 Å². The summed E-state index contributed by atoms with van der Waals surface area (Å²) < 4.78 is 7.61. The first-order valence-electron chi connectivity index (χ1n) is 11.2. The van der Waals surface area contributed by atoms with Crippen molar-refractivity contribution in [2.45, 2.75) is 31.8 Å². The van der Waals surface area contributed by atoms with Gasteiger partial charge in [-0.2, -0.15) is 5.10 Å². The second-order valence-corrected chi connectivity index (χ2v) is 8.97. The van der Waals surface area contributed by atoms with Gasteiger partial charge in [-0.25, -0.2) is 9.97 Å². The number of hydrogen-bond donors (Lipinski definition) is 1. The average molecular weight is 422 g/mol. The number of nitrogens with zero attached hydrogens (tertiary/aromatic N) is 6. The van der Waals surface area contributed by atoms with E-state index in [4.69, 9.17) is 4.74 Å². The maximum atomic E-state index is 13.4. The molecule has 0 spiro atoms. The lowest BCUT2D eigenvalue weighted by Gasteiger charge is -2.43. The Bertz CT molecular complexity index is 1150. The quantitative estimate of drug-likeness (QED) is 0.683. The molecule has 31 heavy (non-hydrogen) atoms. The molecule has 9 nitrogen and oxygen atoms in total. The zero-order valence-corrected chi connectivity index (χ0v) is 17.5. The van der Waals surface area contributed by atoms with Crippen LogP contribution < -0.4 is 10.5 Å². The summed E-state index contributed by atoms with van der Waals surface area (Å²) in [5.74, 6) is 1.70. The number of ether oxygens (including phenoxy) is 1. The highest BCUT2D eigenvalue weighted by atomic mass is 16.5. The van der Waals surface area contributed by atoms with E-state index in [0.717, 1.165) is 86.9 Å². The van der Waals surface area contributed by atoms with Crippen LogP contribution in [0.1, 0.15) is 30.0 Å². The fraction of sp³-hybridized carbons (Fsp3) is 0.545. The second kappa shape index (κ2) is 7.72. The number of pyridine rings is 1. The fourth-order valence-corrected chi connectivity index (χ4v) is 5.49. The minimum absolute atomic E-state index is 0.185. The Labute approximate surface area is 180 Å². The molecule has 1 N–H and O–H groups in total. The van der Waals surface area contributed by atoms with Crippen LogP contribution in [0.4, 0.5) is 5.82 Å². The van der Waals surface area contributed by atoms with Gasteiger partial charge in [0.25, 0.3) is 5.56 Å². The topological polar surface area (TPSA) is 92.2 Å². The van der Waals surface area contributed by atoms with Crippen molar-refractivity contribution in [2.75, 3.05) is 44.3 Å². The Kier molecular flexibility index (Phi) is 4.72. The van der Waals surface area contributed by atoms with Gasteiger partial charge in [0.1, 0.15) is 12.1 Å². The fourth-order valence-electron chi connectivity index (χ4n) is 5.49. The minimum Gasteiger partial charge on any atom is -0.380 e. The molecule has 2 saturated heterocycles. The lowest BCUT2D eigenvalue weighted by Crippen LogP contribution is -2.48. The van der Waals surface area contributed by atoms with Gasteiger partial charge in [-0.3, -0.25) is 14.8 Å². The van der Waals surface area contributed by atoms with E-state index in [1.807, 2.05) is 4.57 Å². The number of H-pyrrole nitrogens is 1. The molecule has 9 heteroatoms. The molecule has 0 aliphatic carbocycles. The minimum atomic E-state index is 0.185. The molecule has 3 aliphatic rings. The molecule has 6 rings (SSSR count). The van der Waals surface area contributed by atoms with E-state index in [1.165, 1.54) is 0 Å². The van der Waals surface area contributed by atoms with E-state index >= 15 is 0 Å². The molecule has 2 atom stereocenters. The Morgan fingerprint density at radius 1 is 1.13 bits per heavy atom. The molecule has 3 aromatic rings. The molecule has 162 valence electrons. The van der Waals surface area contributed by atoms with Crippen molar-refractivity contribution in [2.24, 2.45) is 5.92 Å². The van der Waals surface area contributed by atoms with E-state index in [0.29, 0.717) is 18.4 Å². The van der Waals surface area contributed by atoms with Crippen LogP contribution in [0.5, 0.6) is 0 Å². The largest absolute Gasteiger partial charge is 0.380 e. The van der Waals surface area contributed by atoms with Crippen LogP contribution in [-0.4, -0.2) is 69.0 Å². The predicted molar refractivity (Wildman–Crippen MR) is 116 cm³/mol. The third kappa shape index (κ3) is 3.41. The summed E-state index contributed by atoms with van der Waals surface area (Å²) in [7, 11) is 0. The normalized spacial score (nSPS) is 24.2. The summed E-state index contributed by atoms with van der Waals surface area (Å²) in [5.41, 5.74) is 3.01. The molecule has 6 heterocycles. The first-order chi connectivity index (χ1) is 15.3. The van der Waals surface area contributed by atoms with Crippen LogP contribution in [-0.2, 0) is 17.8 Å². The van der Waals surface area contributed by atoms with Gasteiger partial charge in [0, 0.05) is 63.1 Å². The Hall–Kier alpha value is -2.78. The number of fused-ring (bicyclic) bond motifs is 5. The molecular weight excluding hydrogens is 394 g/mol. The molecule has 0 saturated carbocycles. The third-order valence-electron chi connectivity index (χ3n) is 6.92. The van der Waals surface area contributed by atoms with Crippen molar-refractivity contribution in [3.05, 3.63) is 46.3 Å². The van der Waals surface area contributed by atoms with E-state index in [-0.39, 0.29) is 5.56 Å². The molecule has 3 aromatic heterocycles. The zero-order chi connectivity index (χ0) is 20.8. The standard InChI is InChI=1S/C22H27N7O2/c30-22-16(12-27-4-1-6-31-7-5-27)2-3-19-17-8-15(11-29(19)22)10-28(13-17)21-18-9-25-26-20(18)23-14-24-21/h2-3,9,14-15,17H,1,4-8,10-13H2,(H,23,24,25,26)/t15-,17+/m0/s1. The Morgan fingerprint density at radius 3 is 3.06 bits per heavy atom. The highest BCUT2D eigenvalue weighted by Gasteiger charge is 2.36. The number of piperidine rings is 1. The molecule has 3 aliphatic heterocycles. The molecular formula is C22H27N7O2. The first-order valence-corrected chi connectivity index (χ1v) is 11.2. The highest BCUT2D eigenvalue weighted by Crippen LogP contribution is 2.37. The van der Waals surface area contributed by atoms with Gasteiger partial charge in [0.2, 0.25) is 0 Å². The number of rotatable bonds is 3. The summed E-state index contributed by atoms with van der Waals surface area (Å²) in [6.07, 6.45) is 5.55. The van der Waals surface area contributed by atoms with Crippen molar-refractivity contribution < 1.29 is 4.74 Å². The maximum Gasteiger partial charge on any atom is 0.255 e. The molecule has 0 amide bonds. The lowest BCUT2D eigenvalue weighted by atomic mass is 9.83. The summed E-state index contributed by atoms with van der Waals surface area (Å²) in [6, 6.07) is 4.24.